The molecule has 0 bridgehead atoms. The average molecular weight is 209 g/mol. The van der Waals surface area contributed by atoms with Crippen LogP contribution in [-0.4, -0.2) is 26.4 Å². The maximum Gasteiger partial charge on any atom is 0.697 e. The molecule has 0 aromatic heterocycles. The van der Waals surface area contributed by atoms with Gasteiger partial charge in [0.1, 0.15) is 0 Å². The van der Waals surface area contributed by atoms with Crippen LogP contribution in [-0.2, 0) is 13.8 Å². The van der Waals surface area contributed by atoms with Gasteiger partial charge in [-0.15, -0.1) is 4.89 Å². The molecule has 12 heavy (non-hydrogen) atoms. The van der Waals surface area contributed by atoms with Crippen molar-refractivity contribution in [1.29, 1.82) is 0 Å². The lowest BCUT2D eigenvalue weighted by atomic mass is 10.2. The third-order valence-electron chi connectivity index (χ3n) is 2.10. The Morgan fingerprint density at radius 1 is 1.67 bits per heavy atom. The second-order valence-corrected chi connectivity index (χ2v) is 5.34. The van der Waals surface area contributed by atoms with Crippen LogP contribution in [0.3, 0.4) is 0 Å². The van der Waals surface area contributed by atoms with Crippen LogP contribution in [0.2, 0.25) is 6.55 Å². The van der Waals surface area contributed by atoms with Gasteiger partial charge in [-0.2, -0.15) is 0 Å². The third-order valence-corrected chi connectivity index (χ3v) is 4.61. The summed E-state index contributed by atoms with van der Waals surface area (Å²) in [5.74, 6) is 0. The van der Waals surface area contributed by atoms with Crippen molar-refractivity contribution in [2.75, 3.05) is 6.61 Å². The maximum absolute atomic E-state index is 10.5. The molecule has 1 N–H and O–H groups in total. The second-order valence-electron chi connectivity index (χ2n) is 2.90. The van der Waals surface area contributed by atoms with E-state index in [1.807, 2.05) is 6.55 Å². The van der Waals surface area contributed by atoms with Gasteiger partial charge in [-0.25, -0.2) is 0 Å². The lowest BCUT2D eigenvalue weighted by molar-refractivity contribution is -0.146. The third kappa shape index (κ3) is 2.60. The van der Waals surface area contributed by atoms with Crippen molar-refractivity contribution in [2.24, 2.45) is 0 Å². The minimum atomic E-state index is -2.52. The predicted octanol–water partition coefficient (Wildman–Crippen LogP) is 0.724. The van der Waals surface area contributed by atoms with E-state index in [0.29, 0.717) is 6.61 Å². The fourth-order valence-electron chi connectivity index (χ4n) is 1.38. The molecule has 4 nitrogen and oxygen atoms in total. The van der Waals surface area contributed by atoms with Gasteiger partial charge in [-0.05, 0) is 12.8 Å². The van der Waals surface area contributed by atoms with E-state index >= 15 is 0 Å². The Bertz CT molecular complexity index is 169. The number of rotatable bonds is 3. The molecule has 1 aliphatic heterocycles. The molecule has 1 aliphatic rings. The highest BCUT2D eigenvalue weighted by molar-refractivity contribution is 7.32. The molecule has 70 valence electrons. The molecule has 0 aromatic carbocycles. The Kier molecular flexibility index (Phi) is 3.80. The second kappa shape index (κ2) is 4.44. The van der Waals surface area contributed by atoms with Crippen LogP contribution >= 0.6 is 8.25 Å². The van der Waals surface area contributed by atoms with Crippen LogP contribution in [0.25, 0.3) is 0 Å². The highest BCUT2D eigenvalue weighted by Crippen LogP contribution is 2.33. The van der Waals surface area contributed by atoms with Crippen molar-refractivity contribution in [3.05, 3.63) is 0 Å². The molecule has 2 unspecified atom stereocenters. The van der Waals surface area contributed by atoms with Crippen molar-refractivity contribution in [3.63, 3.8) is 0 Å². The highest BCUT2D eigenvalue weighted by atomic mass is 31.1. The van der Waals surface area contributed by atoms with E-state index in [9.17, 15) is 4.57 Å². The smallest absolute Gasteiger partial charge is 0.350 e. The minimum Gasteiger partial charge on any atom is -0.350 e. The van der Waals surface area contributed by atoms with Crippen molar-refractivity contribution in [1.82, 2.24) is 0 Å². The van der Waals surface area contributed by atoms with Crippen LogP contribution in [0.5, 0.6) is 0 Å². The first-order valence-electron chi connectivity index (χ1n) is 4.18. The van der Waals surface area contributed by atoms with E-state index in [1.54, 1.807) is 0 Å². The monoisotopic (exact) mass is 209 g/mol. The Morgan fingerprint density at radius 2 is 2.42 bits per heavy atom. The predicted molar refractivity (Wildman–Crippen MR) is 47.9 cm³/mol. The van der Waals surface area contributed by atoms with Gasteiger partial charge in [0.05, 0.1) is 9.52 Å². The van der Waals surface area contributed by atoms with Gasteiger partial charge in [-0.1, -0.05) is 11.1 Å². The molecule has 0 radical (unpaired) electrons. The van der Waals surface area contributed by atoms with Gasteiger partial charge in [0.25, 0.3) is 0 Å². The van der Waals surface area contributed by atoms with Crippen molar-refractivity contribution < 1.29 is 18.7 Å². The van der Waals surface area contributed by atoms with Crippen LogP contribution in [0.4, 0.5) is 0 Å². The average Bonchev–Trinajstić information content (AvgIpc) is 2.05. The van der Waals surface area contributed by atoms with E-state index in [0.717, 1.165) is 19.3 Å². The lowest BCUT2D eigenvalue weighted by Gasteiger charge is -2.30. The van der Waals surface area contributed by atoms with Gasteiger partial charge in [0.2, 0.25) is 0 Å². The fraction of sp³-hybridized carbons (Fsp3) is 1.00. The van der Waals surface area contributed by atoms with Crippen molar-refractivity contribution in [3.8, 4) is 0 Å². The van der Waals surface area contributed by atoms with Gasteiger partial charge in [-0.3, -0.25) is 0 Å². The summed E-state index contributed by atoms with van der Waals surface area (Å²) >= 11 is 0. The summed E-state index contributed by atoms with van der Waals surface area (Å²) in [4.78, 5) is 8.63. The van der Waals surface area contributed by atoms with Crippen molar-refractivity contribution in [2.45, 2.75) is 31.2 Å². The Labute approximate surface area is 75.0 Å². The van der Waals surface area contributed by atoms with Crippen molar-refractivity contribution >= 4 is 17.8 Å². The molecule has 1 saturated heterocycles. The topological polar surface area (TPSA) is 55.8 Å². The SMILES string of the molecule is C[SiH2]C1(O[P+](=O)O)CCCCO1. The standard InChI is InChI=1S/C6H13O4PSi/c1-12-6(10-11(7)8)4-2-3-5-9-6/h2-5,12H2,1H3/p+1. The number of hydrogen-bond acceptors (Lipinski definition) is 3. The molecule has 0 amide bonds. The summed E-state index contributed by atoms with van der Waals surface area (Å²) in [6, 6.07) is 0. The molecule has 0 spiro atoms. The first-order valence-corrected chi connectivity index (χ1v) is 7.43. The lowest BCUT2D eigenvalue weighted by Crippen LogP contribution is -2.42. The van der Waals surface area contributed by atoms with Gasteiger partial charge < -0.3 is 4.74 Å². The normalized spacial score (nSPS) is 32.7. The van der Waals surface area contributed by atoms with E-state index in [1.165, 1.54) is 0 Å². The van der Waals surface area contributed by atoms with E-state index in [2.05, 4.69) is 0 Å². The molecule has 1 heterocycles. The first kappa shape index (κ1) is 10.3. The summed E-state index contributed by atoms with van der Waals surface area (Å²) in [7, 11) is -3.09. The summed E-state index contributed by atoms with van der Waals surface area (Å²) in [6.45, 7) is 2.69. The molecular weight excluding hydrogens is 195 g/mol. The van der Waals surface area contributed by atoms with Gasteiger partial charge >= 0.3 is 8.25 Å². The Balaban J connectivity index is 2.53. The zero-order valence-electron chi connectivity index (χ0n) is 7.15. The Morgan fingerprint density at radius 3 is 2.83 bits per heavy atom. The van der Waals surface area contributed by atoms with Gasteiger partial charge in [0.15, 0.2) is 5.41 Å². The fourth-order valence-corrected chi connectivity index (χ4v) is 3.61. The quantitative estimate of drug-likeness (QED) is 0.549. The Hall–Kier alpha value is 0.197. The highest BCUT2D eigenvalue weighted by Gasteiger charge is 2.41. The maximum atomic E-state index is 10.5. The summed E-state index contributed by atoms with van der Waals surface area (Å²) in [6.07, 6.45) is 2.84. The molecule has 2 atom stereocenters. The number of hydrogen-bond donors (Lipinski definition) is 1. The largest absolute Gasteiger partial charge is 0.697 e. The van der Waals surface area contributed by atoms with Crippen LogP contribution < -0.4 is 0 Å². The zero-order chi connectivity index (χ0) is 9.03. The zero-order valence-corrected chi connectivity index (χ0v) is 9.46. The molecule has 6 heteroatoms. The first-order chi connectivity index (χ1) is 5.68. The minimum absolute atomic E-state index is 0.570. The summed E-state index contributed by atoms with van der Waals surface area (Å²) in [5.41, 5.74) is -0.652. The van der Waals surface area contributed by atoms with Crippen LogP contribution in [0.1, 0.15) is 19.3 Å². The molecular formula is C6H14O4PSi+. The molecule has 0 aliphatic carbocycles. The number of ether oxygens (including phenoxy) is 1. The molecule has 1 rings (SSSR count). The summed E-state index contributed by atoms with van der Waals surface area (Å²) in [5, 5.41) is 0. The summed E-state index contributed by atoms with van der Waals surface area (Å²) < 4.78 is 20.9. The van der Waals surface area contributed by atoms with Crippen LogP contribution in [0, 0.1) is 0 Å². The van der Waals surface area contributed by atoms with Gasteiger partial charge in [0, 0.05) is 17.6 Å². The molecule has 0 aromatic rings. The van der Waals surface area contributed by atoms with Crippen LogP contribution in [0.15, 0.2) is 0 Å². The molecule has 0 saturated carbocycles. The molecule has 1 fully saturated rings. The van der Waals surface area contributed by atoms with E-state index in [4.69, 9.17) is 14.2 Å². The van der Waals surface area contributed by atoms with E-state index < -0.39 is 23.2 Å². The van der Waals surface area contributed by atoms with E-state index in [-0.39, 0.29) is 0 Å².